The minimum atomic E-state index is -0.404. The third kappa shape index (κ3) is 3.58. The Hall–Kier alpha value is -2.49. The number of ether oxygens (including phenoxy) is 2. The molecule has 0 aliphatic heterocycles. The molecule has 0 heterocycles. The molecule has 0 N–H and O–H groups in total. The topological polar surface area (TPSA) is 38.8 Å². The van der Waals surface area contributed by atoms with Crippen LogP contribution in [-0.4, -0.2) is 20.3 Å². The van der Waals surface area contributed by atoms with Gasteiger partial charge in [0.2, 0.25) is 0 Å². The summed E-state index contributed by atoms with van der Waals surface area (Å²) in [5.74, 6) is 0.857. The van der Waals surface area contributed by atoms with Crippen molar-refractivity contribution < 1.29 is 14.3 Å². The molecule has 0 aliphatic carbocycles. The minimum absolute atomic E-state index is 0.391. The van der Waals surface area contributed by atoms with Gasteiger partial charge in [-0.15, -0.1) is 0 Å². The normalized spacial score (nSPS) is 10.2. The van der Waals surface area contributed by atoms with Crippen molar-refractivity contribution in [3.8, 4) is 5.75 Å². The molecular formula is C18H21NO3. The molecular weight excluding hydrogens is 278 g/mol. The molecule has 0 spiro atoms. The molecule has 0 bridgehead atoms. The summed E-state index contributed by atoms with van der Waals surface area (Å²) in [6, 6.07) is 13.7. The monoisotopic (exact) mass is 299 g/mol. The van der Waals surface area contributed by atoms with Gasteiger partial charge >= 0.3 is 6.09 Å². The molecule has 2 rings (SSSR count). The molecule has 4 heteroatoms. The number of rotatable bonds is 4. The van der Waals surface area contributed by atoms with Gasteiger partial charge in [0.1, 0.15) is 12.4 Å². The molecule has 2 aromatic carbocycles. The van der Waals surface area contributed by atoms with Gasteiger partial charge in [-0.3, -0.25) is 4.90 Å². The Morgan fingerprint density at radius 1 is 1.14 bits per heavy atom. The summed E-state index contributed by atoms with van der Waals surface area (Å²) >= 11 is 0. The van der Waals surface area contributed by atoms with E-state index in [1.165, 1.54) is 12.0 Å². The Morgan fingerprint density at radius 2 is 1.86 bits per heavy atom. The van der Waals surface area contributed by atoms with Crippen LogP contribution in [0, 0.1) is 13.8 Å². The smallest absolute Gasteiger partial charge is 0.413 e. The lowest BCUT2D eigenvalue weighted by Gasteiger charge is -2.19. The second-order valence-electron chi connectivity index (χ2n) is 5.22. The molecule has 0 saturated heterocycles. The van der Waals surface area contributed by atoms with Crippen LogP contribution in [0.3, 0.4) is 0 Å². The van der Waals surface area contributed by atoms with Crippen LogP contribution in [0.1, 0.15) is 16.7 Å². The first-order valence-corrected chi connectivity index (χ1v) is 7.12. The molecule has 0 aromatic heterocycles. The molecule has 0 saturated carbocycles. The predicted octanol–water partition coefficient (Wildman–Crippen LogP) is 4.09. The maximum absolute atomic E-state index is 11.7. The zero-order chi connectivity index (χ0) is 16.1. The van der Waals surface area contributed by atoms with E-state index >= 15 is 0 Å². The Morgan fingerprint density at radius 3 is 2.59 bits per heavy atom. The number of hydrogen-bond acceptors (Lipinski definition) is 3. The van der Waals surface area contributed by atoms with Crippen molar-refractivity contribution in [3.05, 3.63) is 59.2 Å². The standard InChI is InChI=1S/C18H21NO3/c1-13-9-10-14(2)17(11-13)22-12-15-7-5-6-8-16(15)19(3)18(20)21-4/h5-11H,12H2,1-4H3. The van der Waals surface area contributed by atoms with Crippen LogP contribution in [-0.2, 0) is 11.3 Å². The quantitative estimate of drug-likeness (QED) is 0.853. The maximum atomic E-state index is 11.7. The SMILES string of the molecule is COC(=O)N(C)c1ccccc1COc1cc(C)ccc1C. The van der Waals surface area contributed by atoms with Crippen LogP contribution in [0.5, 0.6) is 5.75 Å². The highest BCUT2D eigenvalue weighted by molar-refractivity contribution is 5.87. The predicted molar refractivity (Wildman–Crippen MR) is 87.5 cm³/mol. The van der Waals surface area contributed by atoms with Gasteiger partial charge < -0.3 is 9.47 Å². The Kier molecular flexibility index (Phi) is 5.04. The number of methoxy groups -OCH3 is 1. The molecule has 1 amide bonds. The number of nitrogens with zero attached hydrogens (tertiary/aromatic N) is 1. The third-order valence-corrected chi connectivity index (χ3v) is 3.53. The van der Waals surface area contributed by atoms with Crippen LogP contribution in [0.25, 0.3) is 0 Å². The molecule has 0 fully saturated rings. The Bertz CT molecular complexity index is 667. The van der Waals surface area contributed by atoms with Crippen LogP contribution in [0.4, 0.5) is 10.5 Å². The number of hydrogen-bond donors (Lipinski definition) is 0. The van der Waals surface area contributed by atoms with Gasteiger partial charge in [-0.2, -0.15) is 0 Å². The number of para-hydroxylation sites is 1. The van der Waals surface area contributed by atoms with Gasteiger partial charge in [0.05, 0.1) is 12.8 Å². The van der Waals surface area contributed by atoms with E-state index < -0.39 is 6.09 Å². The van der Waals surface area contributed by atoms with Crippen LogP contribution < -0.4 is 9.64 Å². The van der Waals surface area contributed by atoms with Crippen molar-refractivity contribution in [3.63, 3.8) is 0 Å². The third-order valence-electron chi connectivity index (χ3n) is 3.53. The molecule has 0 unspecified atom stereocenters. The summed E-state index contributed by atoms with van der Waals surface area (Å²) < 4.78 is 10.7. The number of aryl methyl sites for hydroxylation is 2. The summed E-state index contributed by atoms with van der Waals surface area (Å²) in [5, 5.41) is 0. The van der Waals surface area contributed by atoms with Crippen LogP contribution in [0.15, 0.2) is 42.5 Å². The minimum Gasteiger partial charge on any atom is -0.489 e. The molecule has 0 radical (unpaired) electrons. The summed E-state index contributed by atoms with van der Waals surface area (Å²) in [6.07, 6.45) is -0.404. The number of amides is 1. The first kappa shape index (κ1) is 15.9. The summed E-state index contributed by atoms with van der Waals surface area (Å²) in [4.78, 5) is 13.2. The molecule has 22 heavy (non-hydrogen) atoms. The number of carbonyl (C=O) groups is 1. The second-order valence-corrected chi connectivity index (χ2v) is 5.22. The lowest BCUT2D eigenvalue weighted by atomic mass is 10.1. The van der Waals surface area contributed by atoms with Crippen molar-refractivity contribution in [1.29, 1.82) is 0 Å². The van der Waals surface area contributed by atoms with Crippen molar-refractivity contribution >= 4 is 11.8 Å². The highest BCUT2D eigenvalue weighted by Gasteiger charge is 2.14. The lowest BCUT2D eigenvalue weighted by Crippen LogP contribution is -2.27. The summed E-state index contributed by atoms with van der Waals surface area (Å²) in [5.41, 5.74) is 3.95. The van der Waals surface area contributed by atoms with Crippen molar-refractivity contribution in [2.75, 3.05) is 19.1 Å². The first-order chi connectivity index (χ1) is 10.5. The van der Waals surface area contributed by atoms with Crippen LogP contribution >= 0.6 is 0 Å². The number of benzene rings is 2. The molecule has 0 atom stereocenters. The van der Waals surface area contributed by atoms with Crippen LogP contribution in [0.2, 0.25) is 0 Å². The van der Waals surface area contributed by atoms with E-state index in [-0.39, 0.29) is 0 Å². The van der Waals surface area contributed by atoms with Crippen molar-refractivity contribution in [2.45, 2.75) is 20.5 Å². The van der Waals surface area contributed by atoms with Crippen molar-refractivity contribution in [2.24, 2.45) is 0 Å². The fourth-order valence-electron chi connectivity index (χ4n) is 2.21. The van der Waals surface area contributed by atoms with E-state index in [2.05, 4.69) is 6.07 Å². The molecule has 4 nitrogen and oxygen atoms in total. The van der Waals surface area contributed by atoms with Crippen molar-refractivity contribution in [1.82, 2.24) is 0 Å². The Balaban J connectivity index is 2.20. The second kappa shape index (κ2) is 6.98. The summed E-state index contributed by atoms with van der Waals surface area (Å²) in [7, 11) is 3.05. The maximum Gasteiger partial charge on any atom is 0.413 e. The van der Waals surface area contributed by atoms with E-state index in [4.69, 9.17) is 9.47 Å². The van der Waals surface area contributed by atoms with Gasteiger partial charge in [0, 0.05) is 12.6 Å². The fraction of sp³-hybridized carbons (Fsp3) is 0.278. The zero-order valence-electron chi connectivity index (χ0n) is 13.4. The van der Waals surface area contributed by atoms with Gasteiger partial charge in [0.15, 0.2) is 0 Å². The van der Waals surface area contributed by atoms with Gasteiger partial charge in [-0.05, 0) is 37.1 Å². The van der Waals surface area contributed by atoms with E-state index in [9.17, 15) is 4.79 Å². The van der Waals surface area contributed by atoms with E-state index in [1.807, 2.05) is 50.2 Å². The molecule has 116 valence electrons. The Labute approximate surface area is 131 Å². The number of anilines is 1. The van der Waals surface area contributed by atoms with Gasteiger partial charge in [0.25, 0.3) is 0 Å². The highest BCUT2D eigenvalue weighted by atomic mass is 16.5. The zero-order valence-corrected chi connectivity index (χ0v) is 13.4. The van der Waals surface area contributed by atoms with E-state index in [0.717, 1.165) is 28.1 Å². The average molecular weight is 299 g/mol. The average Bonchev–Trinajstić information content (AvgIpc) is 2.54. The fourth-order valence-corrected chi connectivity index (χ4v) is 2.21. The van der Waals surface area contributed by atoms with Gasteiger partial charge in [-0.25, -0.2) is 4.79 Å². The first-order valence-electron chi connectivity index (χ1n) is 7.12. The highest BCUT2D eigenvalue weighted by Crippen LogP contribution is 2.24. The van der Waals surface area contributed by atoms with Gasteiger partial charge in [-0.1, -0.05) is 30.3 Å². The molecule has 0 aliphatic rings. The lowest BCUT2D eigenvalue weighted by molar-refractivity contribution is 0.180. The van der Waals surface area contributed by atoms with E-state index in [0.29, 0.717) is 6.61 Å². The van der Waals surface area contributed by atoms with E-state index in [1.54, 1.807) is 7.05 Å². The number of carbonyl (C=O) groups excluding carboxylic acids is 1. The molecule has 2 aromatic rings. The largest absolute Gasteiger partial charge is 0.489 e. The summed E-state index contributed by atoms with van der Waals surface area (Å²) in [6.45, 7) is 4.44.